The van der Waals surface area contributed by atoms with Gasteiger partial charge in [0.25, 0.3) is 5.91 Å². The number of phenols is 1. The fourth-order valence-corrected chi connectivity index (χ4v) is 2.73. The molecule has 8 heteroatoms. The quantitative estimate of drug-likeness (QED) is 0.855. The van der Waals surface area contributed by atoms with E-state index in [0.717, 1.165) is 6.07 Å². The van der Waals surface area contributed by atoms with Crippen molar-refractivity contribution in [2.45, 2.75) is 25.3 Å². The summed E-state index contributed by atoms with van der Waals surface area (Å²) in [6.45, 7) is 0.970. The van der Waals surface area contributed by atoms with Crippen LogP contribution in [0.15, 0.2) is 12.1 Å². The lowest BCUT2D eigenvalue weighted by atomic mass is 10.0. The minimum Gasteiger partial charge on any atom is -0.504 e. The summed E-state index contributed by atoms with van der Waals surface area (Å²) in [4.78, 5) is 24.9. The molecule has 1 aromatic rings. The first-order chi connectivity index (χ1) is 10.9. The van der Waals surface area contributed by atoms with E-state index in [1.54, 1.807) is 0 Å². The number of rotatable bonds is 5. The predicted octanol–water partition coefficient (Wildman–Crippen LogP) is 2.28. The number of aliphatic carboxylic acids is 1. The lowest BCUT2D eigenvalue weighted by Crippen LogP contribution is -2.44. The molecule has 2 rings (SSSR count). The number of nitrogens with zero attached hydrogens (tertiary/aromatic N) is 1. The summed E-state index contributed by atoms with van der Waals surface area (Å²) < 4.78 is 18.8. The molecule has 1 aliphatic rings. The SMILES string of the molecule is O=C(O)CCN(C(=O)c1cc(F)c(O)c(Cl)c1)C1CCOCC1. The lowest BCUT2D eigenvalue weighted by Gasteiger charge is -2.34. The Hall–Kier alpha value is -1.86. The number of carbonyl (C=O) groups is 2. The summed E-state index contributed by atoms with van der Waals surface area (Å²) in [5.41, 5.74) is -0.0258. The van der Waals surface area contributed by atoms with Crippen LogP contribution in [0.5, 0.6) is 5.75 Å². The average molecular weight is 346 g/mol. The van der Waals surface area contributed by atoms with Gasteiger partial charge in [-0.05, 0) is 25.0 Å². The van der Waals surface area contributed by atoms with Crippen LogP contribution in [-0.2, 0) is 9.53 Å². The zero-order chi connectivity index (χ0) is 17.0. The van der Waals surface area contributed by atoms with Gasteiger partial charge in [-0.15, -0.1) is 0 Å². The van der Waals surface area contributed by atoms with Crippen LogP contribution in [0.1, 0.15) is 29.6 Å². The molecule has 0 saturated carbocycles. The van der Waals surface area contributed by atoms with Crippen molar-refractivity contribution in [3.8, 4) is 5.75 Å². The Balaban J connectivity index is 2.25. The third-order valence-corrected chi connectivity index (χ3v) is 4.01. The lowest BCUT2D eigenvalue weighted by molar-refractivity contribution is -0.137. The normalized spacial score (nSPS) is 15.4. The summed E-state index contributed by atoms with van der Waals surface area (Å²) in [6, 6.07) is 1.90. The first kappa shape index (κ1) is 17.5. The number of hydrogen-bond acceptors (Lipinski definition) is 4. The summed E-state index contributed by atoms with van der Waals surface area (Å²) in [7, 11) is 0. The Morgan fingerprint density at radius 3 is 2.57 bits per heavy atom. The van der Waals surface area contributed by atoms with Crippen molar-refractivity contribution in [2.75, 3.05) is 19.8 Å². The standard InChI is InChI=1S/C15H17ClFNO5/c16-11-7-9(8-12(17)14(11)21)15(22)18(4-1-13(19)20)10-2-5-23-6-3-10/h7-8,10,21H,1-6H2,(H,19,20). The van der Waals surface area contributed by atoms with E-state index in [9.17, 15) is 19.1 Å². The van der Waals surface area contributed by atoms with Crippen molar-refractivity contribution >= 4 is 23.5 Å². The van der Waals surface area contributed by atoms with Crippen LogP contribution < -0.4 is 0 Å². The molecule has 1 aliphatic heterocycles. The molecule has 0 aliphatic carbocycles. The first-order valence-electron chi connectivity index (χ1n) is 7.18. The van der Waals surface area contributed by atoms with Crippen molar-refractivity contribution in [1.82, 2.24) is 4.90 Å². The number of phenolic OH excluding ortho intramolecular Hbond substituents is 1. The smallest absolute Gasteiger partial charge is 0.305 e. The highest BCUT2D eigenvalue weighted by molar-refractivity contribution is 6.32. The highest BCUT2D eigenvalue weighted by atomic mass is 35.5. The number of amides is 1. The van der Waals surface area contributed by atoms with Crippen LogP contribution in [0.2, 0.25) is 5.02 Å². The number of carboxylic acid groups (broad SMARTS) is 1. The van der Waals surface area contributed by atoms with Crippen LogP contribution in [0.25, 0.3) is 0 Å². The van der Waals surface area contributed by atoms with E-state index in [2.05, 4.69) is 0 Å². The fraction of sp³-hybridized carbons (Fsp3) is 0.467. The predicted molar refractivity (Wildman–Crippen MR) is 80.2 cm³/mol. The molecule has 1 amide bonds. The van der Waals surface area contributed by atoms with Gasteiger partial charge in [0.1, 0.15) is 0 Å². The second kappa shape index (κ2) is 7.61. The number of halogens is 2. The van der Waals surface area contributed by atoms with Crippen molar-refractivity contribution < 1.29 is 28.9 Å². The summed E-state index contributed by atoms with van der Waals surface area (Å²) in [5, 5.41) is 17.9. The van der Waals surface area contributed by atoms with Gasteiger partial charge in [-0.2, -0.15) is 0 Å². The van der Waals surface area contributed by atoms with Gasteiger partial charge in [-0.3, -0.25) is 9.59 Å². The maximum absolute atomic E-state index is 13.6. The highest BCUT2D eigenvalue weighted by Crippen LogP contribution is 2.29. The molecule has 1 saturated heterocycles. The Kier molecular flexibility index (Phi) is 5.79. The van der Waals surface area contributed by atoms with E-state index in [4.69, 9.17) is 21.4 Å². The number of ether oxygens (including phenoxy) is 1. The monoisotopic (exact) mass is 345 g/mol. The minimum atomic E-state index is -1.02. The highest BCUT2D eigenvalue weighted by Gasteiger charge is 2.28. The molecular weight excluding hydrogens is 329 g/mol. The fourth-order valence-electron chi connectivity index (χ4n) is 2.52. The van der Waals surface area contributed by atoms with Gasteiger partial charge in [0.15, 0.2) is 11.6 Å². The van der Waals surface area contributed by atoms with Crippen LogP contribution in [0.4, 0.5) is 4.39 Å². The third kappa shape index (κ3) is 4.33. The second-order valence-electron chi connectivity index (χ2n) is 5.27. The molecule has 0 spiro atoms. The maximum atomic E-state index is 13.6. The molecule has 126 valence electrons. The summed E-state index contributed by atoms with van der Waals surface area (Å²) in [6.07, 6.45) is 0.955. The second-order valence-corrected chi connectivity index (χ2v) is 5.68. The van der Waals surface area contributed by atoms with E-state index >= 15 is 0 Å². The molecule has 6 nitrogen and oxygen atoms in total. The molecule has 1 aromatic carbocycles. The van der Waals surface area contributed by atoms with Crippen LogP contribution in [0.3, 0.4) is 0 Å². The molecule has 0 bridgehead atoms. The molecule has 2 N–H and O–H groups in total. The molecule has 1 fully saturated rings. The van der Waals surface area contributed by atoms with Gasteiger partial charge in [-0.25, -0.2) is 4.39 Å². The molecule has 0 radical (unpaired) electrons. The number of aromatic hydroxyl groups is 1. The Morgan fingerprint density at radius 1 is 1.35 bits per heavy atom. The minimum absolute atomic E-state index is 0.0128. The van der Waals surface area contributed by atoms with E-state index in [1.807, 2.05) is 0 Å². The van der Waals surface area contributed by atoms with Crippen LogP contribution in [0, 0.1) is 5.82 Å². The molecule has 0 aromatic heterocycles. The number of hydrogen-bond donors (Lipinski definition) is 2. The van der Waals surface area contributed by atoms with Gasteiger partial charge in [-0.1, -0.05) is 11.6 Å². The first-order valence-corrected chi connectivity index (χ1v) is 7.56. The zero-order valence-electron chi connectivity index (χ0n) is 12.3. The molecule has 23 heavy (non-hydrogen) atoms. The average Bonchev–Trinajstić information content (AvgIpc) is 2.52. The molecular formula is C15H17ClFNO5. The molecule has 0 unspecified atom stereocenters. The summed E-state index contributed by atoms with van der Waals surface area (Å²) >= 11 is 5.71. The largest absolute Gasteiger partial charge is 0.504 e. The van der Waals surface area contributed by atoms with Gasteiger partial charge >= 0.3 is 5.97 Å². The number of carbonyl (C=O) groups excluding carboxylic acids is 1. The zero-order valence-corrected chi connectivity index (χ0v) is 13.1. The molecule has 0 atom stereocenters. The summed E-state index contributed by atoms with van der Waals surface area (Å²) in [5.74, 6) is -3.25. The topological polar surface area (TPSA) is 87.1 Å². The van der Waals surface area contributed by atoms with E-state index in [1.165, 1.54) is 11.0 Å². The third-order valence-electron chi connectivity index (χ3n) is 3.72. The van der Waals surface area contributed by atoms with E-state index in [-0.39, 0.29) is 29.6 Å². The number of carboxylic acids is 1. The molecule has 1 heterocycles. The van der Waals surface area contributed by atoms with Crippen LogP contribution in [-0.4, -0.2) is 52.8 Å². The Labute approximate surface area is 137 Å². The van der Waals surface area contributed by atoms with Crippen LogP contribution >= 0.6 is 11.6 Å². The van der Waals surface area contributed by atoms with E-state index < -0.39 is 23.4 Å². The van der Waals surface area contributed by atoms with Crippen molar-refractivity contribution in [1.29, 1.82) is 0 Å². The van der Waals surface area contributed by atoms with Gasteiger partial charge in [0, 0.05) is 31.4 Å². The van der Waals surface area contributed by atoms with Gasteiger partial charge < -0.3 is 19.8 Å². The Morgan fingerprint density at radius 2 is 2.00 bits per heavy atom. The number of benzene rings is 1. The van der Waals surface area contributed by atoms with Gasteiger partial charge in [0.05, 0.1) is 11.4 Å². The van der Waals surface area contributed by atoms with Gasteiger partial charge in [0.2, 0.25) is 0 Å². The van der Waals surface area contributed by atoms with Crippen molar-refractivity contribution in [3.63, 3.8) is 0 Å². The van der Waals surface area contributed by atoms with Crippen molar-refractivity contribution in [2.24, 2.45) is 0 Å². The van der Waals surface area contributed by atoms with Crippen molar-refractivity contribution in [3.05, 3.63) is 28.5 Å². The van der Waals surface area contributed by atoms with E-state index in [0.29, 0.717) is 26.1 Å². The maximum Gasteiger partial charge on any atom is 0.305 e. The Bertz CT molecular complexity index is 581.